The number of likely N-dealkylation sites (N-methyl/N-ethyl adjacent to an activating group) is 1. The number of hydrogen-bond donors (Lipinski definition) is 2. The van der Waals surface area contributed by atoms with Crippen LogP contribution in [0.5, 0.6) is 0 Å². The SMILES string of the molecule is CCN(CC(=O)NCCO)C1CCCC1. The molecule has 0 aromatic rings. The fourth-order valence-electron chi connectivity index (χ4n) is 2.20. The highest BCUT2D eigenvalue weighted by atomic mass is 16.3. The Morgan fingerprint density at radius 3 is 2.67 bits per heavy atom. The monoisotopic (exact) mass is 214 g/mol. The van der Waals surface area contributed by atoms with Gasteiger partial charge in [-0.3, -0.25) is 9.69 Å². The van der Waals surface area contributed by atoms with Crippen molar-refractivity contribution in [2.24, 2.45) is 0 Å². The first-order valence-electron chi connectivity index (χ1n) is 5.89. The maximum atomic E-state index is 11.5. The van der Waals surface area contributed by atoms with Gasteiger partial charge in [-0.15, -0.1) is 0 Å². The van der Waals surface area contributed by atoms with E-state index in [4.69, 9.17) is 5.11 Å². The van der Waals surface area contributed by atoms with Crippen LogP contribution in [-0.2, 0) is 4.79 Å². The minimum atomic E-state index is 0.0152. The lowest BCUT2D eigenvalue weighted by atomic mass is 10.2. The summed E-state index contributed by atoms with van der Waals surface area (Å²) in [7, 11) is 0. The van der Waals surface area contributed by atoms with Gasteiger partial charge < -0.3 is 10.4 Å². The largest absolute Gasteiger partial charge is 0.395 e. The van der Waals surface area contributed by atoms with Crippen LogP contribution in [0.3, 0.4) is 0 Å². The molecule has 1 rings (SSSR count). The van der Waals surface area contributed by atoms with Gasteiger partial charge in [0.15, 0.2) is 0 Å². The predicted molar refractivity (Wildman–Crippen MR) is 59.6 cm³/mol. The van der Waals surface area contributed by atoms with E-state index >= 15 is 0 Å². The topological polar surface area (TPSA) is 52.6 Å². The Morgan fingerprint density at radius 1 is 1.47 bits per heavy atom. The van der Waals surface area contributed by atoms with Crippen LogP contribution in [0, 0.1) is 0 Å². The zero-order valence-electron chi connectivity index (χ0n) is 9.54. The van der Waals surface area contributed by atoms with E-state index in [1.807, 2.05) is 0 Å². The molecule has 0 aromatic carbocycles. The first-order valence-corrected chi connectivity index (χ1v) is 5.89. The molecule has 1 amide bonds. The molecule has 15 heavy (non-hydrogen) atoms. The van der Waals surface area contributed by atoms with Gasteiger partial charge in [0.05, 0.1) is 13.2 Å². The first kappa shape index (κ1) is 12.5. The highest BCUT2D eigenvalue weighted by Gasteiger charge is 2.22. The van der Waals surface area contributed by atoms with Crippen molar-refractivity contribution in [1.29, 1.82) is 0 Å². The molecule has 0 atom stereocenters. The predicted octanol–water partition coefficient (Wildman–Crippen LogP) is 0.359. The number of hydrogen-bond acceptors (Lipinski definition) is 3. The Morgan fingerprint density at radius 2 is 2.13 bits per heavy atom. The number of aliphatic hydroxyl groups excluding tert-OH is 1. The molecule has 1 fully saturated rings. The minimum Gasteiger partial charge on any atom is -0.395 e. The summed E-state index contributed by atoms with van der Waals surface area (Å²) in [5, 5.41) is 11.3. The maximum absolute atomic E-state index is 11.5. The number of aliphatic hydroxyl groups is 1. The number of rotatable bonds is 6. The summed E-state index contributed by atoms with van der Waals surface area (Å²) in [4.78, 5) is 13.7. The van der Waals surface area contributed by atoms with Gasteiger partial charge in [0.2, 0.25) is 5.91 Å². The van der Waals surface area contributed by atoms with Gasteiger partial charge in [-0.05, 0) is 19.4 Å². The van der Waals surface area contributed by atoms with Gasteiger partial charge in [0.25, 0.3) is 0 Å². The van der Waals surface area contributed by atoms with Crippen LogP contribution in [0.15, 0.2) is 0 Å². The molecule has 0 heterocycles. The zero-order valence-corrected chi connectivity index (χ0v) is 9.54. The molecule has 0 saturated heterocycles. The molecule has 88 valence electrons. The highest BCUT2D eigenvalue weighted by Crippen LogP contribution is 2.22. The van der Waals surface area contributed by atoms with Crippen LogP contribution < -0.4 is 5.32 Å². The van der Waals surface area contributed by atoms with E-state index in [0.29, 0.717) is 19.1 Å². The van der Waals surface area contributed by atoms with Crippen molar-refractivity contribution in [2.45, 2.75) is 38.6 Å². The van der Waals surface area contributed by atoms with Crippen LogP contribution in [0.1, 0.15) is 32.6 Å². The summed E-state index contributed by atoms with van der Waals surface area (Å²) in [6.07, 6.45) is 5.03. The summed E-state index contributed by atoms with van der Waals surface area (Å²) in [5.41, 5.74) is 0. The Labute approximate surface area is 91.6 Å². The third-order valence-electron chi connectivity index (χ3n) is 3.03. The van der Waals surface area contributed by atoms with Crippen LogP contribution in [0.2, 0.25) is 0 Å². The Kier molecular flexibility index (Phi) is 5.65. The molecular weight excluding hydrogens is 192 g/mol. The maximum Gasteiger partial charge on any atom is 0.234 e. The quantitative estimate of drug-likeness (QED) is 0.671. The molecule has 4 heteroatoms. The van der Waals surface area contributed by atoms with Crippen LogP contribution in [-0.4, -0.2) is 48.2 Å². The second-order valence-corrected chi connectivity index (χ2v) is 4.07. The van der Waals surface area contributed by atoms with Crippen molar-refractivity contribution in [3.8, 4) is 0 Å². The second kappa shape index (κ2) is 6.80. The first-order chi connectivity index (χ1) is 7.27. The molecule has 2 N–H and O–H groups in total. The third kappa shape index (κ3) is 4.18. The summed E-state index contributed by atoms with van der Waals surface area (Å²) >= 11 is 0. The Bertz CT molecular complexity index is 191. The molecule has 0 spiro atoms. The third-order valence-corrected chi connectivity index (χ3v) is 3.03. The molecule has 1 aliphatic rings. The Balaban J connectivity index is 2.28. The molecule has 0 radical (unpaired) electrons. The molecule has 4 nitrogen and oxygen atoms in total. The summed E-state index contributed by atoms with van der Waals surface area (Å²) in [5.74, 6) is 0.0257. The summed E-state index contributed by atoms with van der Waals surface area (Å²) < 4.78 is 0. The van der Waals surface area contributed by atoms with E-state index in [1.165, 1.54) is 25.7 Å². The minimum absolute atomic E-state index is 0.0152. The highest BCUT2D eigenvalue weighted by molar-refractivity contribution is 5.78. The molecule has 0 bridgehead atoms. The summed E-state index contributed by atoms with van der Waals surface area (Å²) in [6, 6.07) is 0.592. The van der Waals surface area contributed by atoms with Crippen LogP contribution in [0.25, 0.3) is 0 Å². The van der Waals surface area contributed by atoms with Crippen LogP contribution in [0.4, 0.5) is 0 Å². The van der Waals surface area contributed by atoms with E-state index < -0.39 is 0 Å². The van der Waals surface area contributed by atoms with E-state index in [0.717, 1.165) is 6.54 Å². The van der Waals surface area contributed by atoms with E-state index in [1.54, 1.807) is 0 Å². The van der Waals surface area contributed by atoms with Crippen molar-refractivity contribution in [3.63, 3.8) is 0 Å². The Hall–Kier alpha value is -0.610. The normalized spacial score (nSPS) is 17.3. The smallest absolute Gasteiger partial charge is 0.234 e. The van der Waals surface area contributed by atoms with Crippen molar-refractivity contribution < 1.29 is 9.90 Å². The number of amides is 1. The van der Waals surface area contributed by atoms with Gasteiger partial charge in [-0.1, -0.05) is 19.8 Å². The van der Waals surface area contributed by atoms with E-state index in [-0.39, 0.29) is 12.5 Å². The number of carbonyl (C=O) groups excluding carboxylic acids is 1. The fourth-order valence-corrected chi connectivity index (χ4v) is 2.20. The number of nitrogens with one attached hydrogen (secondary N) is 1. The lowest BCUT2D eigenvalue weighted by molar-refractivity contribution is -0.122. The van der Waals surface area contributed by atoms with Gasteiger partial charge in [0, 0.05) is 12.6 Å². The lowest BCUT2D eigenvalue weighted by Crippen LogP contribution is -2.42. The zero-order chi connectivity index (χ0) is 11.1. The van der Waals surface area contributed by atoms with Gasteiger partial charge in [-0.25, -0.2) is 0 Å². The van der Waals surface area contributed by atoms with Crippen molar-refractivity contribution in [3.05, 3.63) is 0 Å². The molecule has 0 unspecified atom stereocenters. The fraction of sp³-hybridized carbons (Fsp3) is 0.909. The van der Waals surface area contributed by atoms with E-state index in [2.05, 4.69) is 17.1 Å². The molecule has 0 aliphatic heterocycles. The molecule has 1 saturated carbocycles. The standard InChI is InChI=1S/C11H22N2O2/c1-2-13(10-5-3-4-6-10)9-11(15)12-7-8-14/h10,14H,2-9H2,1H3,(H,12,15). The second-order valence-electron chi connectivity index (χ2n) is 4.07. The van der Waals surface area contributed by atoms with Crippen molar-refractivity contribution in [1.82, 2.24) is 10.2 Å². The molecule has 1 aliphatic carbocycles. The number of nitrogens with zero attached hydrogens (tertiary/aromatic N) is 1. The van der Waals surface area contributed by atoms with Gasteiger partial charge in [0.1, 0.15) is 0 Å². The molecule has 0 aromatic heterocycles. The van der Waals surface area contributed by atoms with E-state index in [9.17, 15) is 4.79 Å². The average Bonchev–Trinajstić information content (AvgIpc) is 2.76. The van der Waals surface area contributed by atoms with Gasteiger partial charge in [-0.2, -0.15) is 0 Å². The van der Waals surface area contributed by atoms with Crippen molar-refractivity contribution in [2.75, 3.05) is 26.2 Å². The average molecular weight is 214 g/mol. The summed E-state index contributed by atoms with van der Waals surface area (Å²) in [6.45, 7) is 3.87. The number of carbonyl (C=O) groups is 1. The van der Waals surface area contributed by atoms with Crippen LogP contribution >= 0.6 is 0 Å². The molecular formula is C11H22N2O2. The van der Waals surface area contributed by atoms with Crippen molar-refractivity contribution >= 4 is 5.91 Å². The van der Waals surface area contributed by atoms with Gasteiger partial charge >= 0.3 is 0 Å². The lowest BCUT2D eigenvalue weighted by Gasteiger charge is -2.26.